The van der Waals surface area contributed by atoms with E-state index in [9.17, 15) is 13.6 Å². The first-order chi connectivity index (χ1) is 11.0. The molecule has 0 heterocycles. The molecule has 0 saturated heterocycles. The second-order valence-electron chi connectivity index (χ2n) is 5.41. The van der Waals surface area contributed by atoms with Crippen molar-refractivity contribution in [2.75, 3.05) is 13.6 Å². The second kappa shape index (κ2) is 8.04. The molecule has 3 nitrogen and oxygen atoms in total. The minimum absolute atomic E-state index is 0.167. The van der Waals surface area contributed by atoms with E-state index in [1.54, 1.807) is 31.3 Å². The van der Waals surface area contributed by atoms with E-state index in [1.807, 2.05) is 0 Å². The van der Waals surface area contributed by atoms with Gasteiger partial charge in [-0.3, -0.25) is 4.79 Å². The van der Waals surface area contributed by atoms with Gasteiger partial charge in [0.25, 0.3) is 5.91 Å². The first-order valence-electron chi connectivity index (χ1n) is 7.21. The molecule has 0 radical (unpaired) electrons. The Morgan fingerprint density at radius 2 is 1.87 bits per heavy atom. The molecule has 0 saturated carbocycles. The number of rotatable bonds is 6. The summed E-state index contributed by atoms with van der Waals surface area (Å²) in [4.78, 5) is 12.7. The van der Waals surface area contributed by atoms with E-state index in [1.165, 1.54) is 18.2 Å². The van der Waals surface area contributed by atoms with E-state index in [4.69, 9.17) is 11.6 Å². The summed E-state index contributed by atoms with van der Waals surface area (Å²) in [5, 5.41) is 3.11. The van der Waals surface area contributed by atoms with Crippen molar-refractivity contribution in [3.8, 4) is 0 Å². The SMILES string of the molecule is C[NH+](CC(=O)NCc1ccc(F)cc1)Cc1c(F)cccc1Cl. The number of likely N-dealkylation sites (N-methyl/N-ethyl adjacent to an activating group) is 1. The van der Waals surface area contributed by atoms with Crippen LogP contribution in [-0.2, 0) is 17.9 Å². The van der Waals surface area contributed by atoms with Gasteiger partial charge in [-0.25, -0.2) is 8.78 Å². The van der Waals surface area contributed by atoms with Crippen LogP contribution >= 0.6 is 11.6 Å². The number of nitrogens with one attached hydrogen (secondary N) is 2. The van der Waals surface area contributed by atoms with Gasteiger partial charge in [-0.2, -0.15) is 0 Å². The third-order valence-corrected chi connectivity index (χ3v) is 3.76. The number of hydrogen-bond acceptors (Lipinski definition) is 1. The third kappa shape index (κ3) is 5.30. The summed E-state index contributed by atoms with van der Waals surface area (Å²) in [5.74, 6) is -0.853. The predicted octanol–water partition coefficient (Wildman–Crippen LogP) is 1.95. The van der Waals surface area contributed by atoms with Crippen LogP contribution in [0, 0.1) is 11.6 Å². The van der Waals surface area contributed by atoms with Gasteiger partial charge in [0.15, 0.2) is 6.54 Å². The summed E-state index contributed by atoms with van der Waals surface area (Å²) in [6, 6.07) is 10.4. The molecule has 0 aliphatic heterocycles. The molecule has 0 aliphatic carbocycles. The molecule has 2 N–H and O–H groups in total. The molecule has 0 fully saturated rings. The number of amides is 1. The fourth-order valence-corrected chi connectivity index (χ4v) is 2.43. The van der Waals surface area contributed by atoms with Gasteiger partial charge in [-0.05, 0) is 29.8 Å². The molecule has 1 unspecified atom stereocenters. The van der Waals surface area contributed by atoms with Gasteiger partial charge in [0.1, 0.15) is 18.2 Å². The zero-order chi connectivity index (χ0) is 16.8. The predicted molar refractivity (Wildman–Crippen MR) is 85.1 cm³/mol. The van der Waals surface area contributed by atoms with Gasteiger partial charge in [-0.15, -0.1) is 0 Å². The van der Waals surface area contributed by atoms with E-state index in [0.717, 1.165) is 10.5 Å². The minimum atomic E-state index is -0.372. The molecular formula is C17H18ClF2N2O+. The normalized spacial score (nSPS) is 12.0. The van der Waals surface area contributed by atoms with E-state index in [-0.39, 0.29) is 24.1 Å². The van der Waals surface area contributed by atoms with E-state index >= 15 is 0 Å². The average Bonchev–Trinajstić information content (AvgIpc) is 2.50. The van der Waals surface area contributed by atoms with Crippen molar-refractivity contribution >= 4 is 17.5 Å². The largest absolute Gasteiger partial charge is 0.347 e. The summed E-state index contributed by atoms with van der Waals surface area (Å²) in [7, 11) is 1.79. The molecule has 1 amide bonds. The molecule has 122 valence electrons. The zero-order valence-electron chi connectivity index (χ0n) is 12.7. The lowest BCUT2D eigenvalue weighted by molar-refractivity contribution is -0.885. The standard InChI is InChI=1S/C17H17ClF2N2O/c1-22(10-14-15(18)3-2-4-16(14)20)11-17(23)21-9-12-5-7-13(19)8-6-12/h2-8H,9-11H2,1H3,(H,21,23)/p+1. The van der Waals surface area contributed by atoms with E-state index < -0.39 is 0 Å². The molecule has 6 heteroatoms. The van der Waals surface area contributed by atoms with Crippen molar-refractivity contribution in [3.05, 3.63) is 70.2 Å². The molecule has 2 rings (SSSR count). The fourth-order valence-electron chi connectivity index (χ4n) is 2.20. The van der Waals surface area contributed by atoms with Crippen molar-refractivity contribution in [1.82, 2.24) is 5.32 Å². The van der Waals surface area contributed by atoms with Gasteiger partial charge in [0, 0.05) is 6.54 Å². The molecule has 1 atom stereocenters. The van der Waals surface area contributed by atoms with Gasteiger partial charge in [-0.1, -0.05) is 29.8 Å². The summed E-state index contributed by atoms with van der Waals surface area (Å²) < 4.78 is 26.5. The van der Waals surface area contributed by atoms with Gasteiger partial charge < -0.3 is 10.2 Å². The maximum atomic E-state index is 13.7. The van der Waals surface area contributed by atoms with Crippen molar-refractivity contribution in [3.63, 3.8) is 0 Å². The number of hydrogen-bond donors (Lipinski definition) is 2. The Morgan fingerprint density at radius 1 is 1.17 bits per heavy atom. The number of carbonyl (C=O) groups excluding carboxylic acids is 1. The minimum Gasteiger partial charge on any atom is -0.347 e. The Morgan fingerprint density at radius 3 is 2.52 bits per heavy atom. The van der Waals surface area contributed by atoms with Crippen molar-refractivity contribution in [1.29, 1.82) is 0 Å². The number of carbonyl (C=O) groups is 1. The highest BCUT2D eigenvalue weighted by atomic mass is 35.5. The van der Waals surface area contributed by atoms with Crippen molar-refractivity contribution < 1.29 is 18.5 Å². The Labute approximate surface area is 138 Å². The van der Waals surface area contributed by atoms with Gasteiger partial charge in [0.2, 0.25) is 0 Å². The summed E-state index contributed by atoms with van der Waals surface area (Å²) in [5.41, 5.74) is 1.22. The third-order valence-electron chi connectivity index (χ3n) is 3.41. The maximum absolute atomic E-state index is 13.7. The highest BCUT2D eigenvalue weighted by Gasteiger charge is 2.15. The van der Waals surface area contributed by atoms with Crippen LogP contribution in [0.3, 0.4) is 0 Å². The van der Waals surface area contributed by atoms with Crippen molar-refractivity contribution in [2.45, 2.75) is 13.1 Å². The molecule has 0 aromatic heterocycles. The number of quaternary nitrogens is 1. The summed E-state index contributed by atoms with van der Waals surface area (Å²) in [6.07, 6.45) is 0. The first kappa shape index (κ1) is 17.4. The second-order valence-corrected chi connectivity index (χ2v) is 5.82. The van der Waals surface area contributed by atoms with Gasteiger partial charge in [0.05, 0.1) is 17.6 Å². The Bertz CT molecular complexity index is 657. The molecule has 2 aromatic carbocycles. The quantitative estimate of drug-likeness (QED) is 0.828. The van der Waals surface area contributed by atoms with Crippen LogP contribution in [0.4, 0.5) is 8.78 Å². The van der Waals surface area contributed by atoms with E-state index in [2.05, 4.69) is 5.32 Å². The monoisotopic (exact) mass is 339 g/mol. The molecule has 0 spiro atoms. The summed E-state index contributed by atoms with van der Waals surface area (Å²) in [6.45, 7) is 0.828. The maximum Gasteiger partial charge on any atom is 0.275 e. The molecule has 0 aliphatic rings. The lowest BCUT2D eigenvalue weighted by Gasteiger charge is -2.15. The van der Waals surface area contributed by atoms with Crippen LogP contribution in [0.5, 0.6) is 0 Å². The van der Waals surface area contributed by atoms with Crippen LogP contribution in [0.2, 0.25) is 5.02 Å². The van der Waals surface area contributed by atoms with Gasteiger partial charge >= 0.3 is 0 Å². The number of halogens is 3. The molecule has 2 aromatic rings. The van der Waals surface area contributed by atoms with Crippen LogP contribution in [0.1, 0.15) is 11.1 Å². The smallest absolute Gasteiger partial charge is 0.275 e. The van der Waals surface area contributed by atoms with Crippen LogP contribution in [0.15, 0.2) is 42.5 Å². The lowest BCUT2D eigenvalue weighted by atomic mass is 10.2. The zero-order valence-corrected chi connectivity index (χ0v) is 13.5. The van der Waals surface area contributed by atoms with Crippen LogP contribution in [-0.4, -0.2) is 19.5 Å². The topological polar surface area (TPSA) is 33.5 Å². The first-order valence-corrected chi connectivity index (χ1v) is 7.59. The Balaban J connectivity index is 1.84. The lowest BCUT2D eigenvalue weighted by Crippen LogP contribution is -3.09. The highest BCUT2D eigenvalue weighted by molar-refractivity contribution is 6.31. The fraction of sp³-hybridized carbons (Fsp3) is 0.235. The summed E-state index contributed by atoms with van der Waals surface area (Å²) >= 11 is 5.98. The molecule has 0 bridgehead atoms. The molecular weight excluding hydrogens is 322 g/mol. The highest BCUT2D eigenvalue weighted by Crippen LogP contribution is 2.17. The van der Waals surface area contributed by atoms with Crippen molar-refractivity contribution in [2.24, 2.45) is 0 Å². The number of benzene rings is 2. The van der Waals surface area contributed by atoms with E-state index in [0.29, 0.717) is 23.7 Å². The Kier molecular flexibility index (Phi) is 6.07. The Hall–Kier alpha value is -1.98. The van der Waals surface area contributed by atoms with Crippen LogP contribution in [0.25, 0.3) is 0 Å². The van der Waals surface area contributed by atoms with Crippen LogP contribution < -0.4 is 10.2 Å². The average molecular weight is 340 g/mol. The molecule has 23 heavy (non-hydrogen) atoms.